The monoisotopic (exact) mass is 174 g/mol. The topological polar surface area (TPSA) is 131 Å². The van der Waals surface area contributed by atoms with Crippen LogP contribution in [0, 0.1) is 0 Å². The Labute approximate surface area is 59.7 Å². The number of carbonyl (C=O) groups excluding carboxylic acids is 1. The molecule has 0 fully saturated rings. The minimum absolute atomic E-state index is 0. The molecule has 0 atom stereocenters. The van der Waals surface area contributed by atoms with Crippen molar-refractivity contribution in [2.45, 2.75) is 0 Å². The summed E-state index contributed by atoms with van der Waals surface area (Å²) in [5.41, 5.74) is 0. The predicted molar refractivity (Wildman–Crippen MR) is 19.3 cm³/mol. The maximum absolute atomic E-state index is 9.04. The third-order valence-corrected chi connectivity index (χ3v) is 0.175. The second-order valence-corrected chi connectivity index (χ2v) is 0.593. The molecule has 0 aromatic carbocycles. The molecular formula is C2H5NO5V. The van der Waals surface area contributed by atoms with E-state index < -0.39 is 11.9 Å². The molecule has 0 amide bonds. The van der Waals surface area contributed by atoms with E-state index in [1.165, 1.54) is 0 Å². The van der Waals surface area contributed by atoms with Crippen molar-refractivity contribution in [3.8, 4) is 0 Å². The average Bonchev–Trinajstić information content (AvgIpc) is 1.72. The van der Waals surface area contributed by atoms with E-state index in [9.17, 15) is 0 Å². The van der Waals surface area contributed by atoms with Crippen molar-refractivity contribution in [1.82, 2.24) is 6.15 Å². The molecule has 53 valence electrons. The third-order valence-electron chi connectivity index (χ3n) is 0.175. The van der Waals surface area contributed by atoms with Crippen LogP contribution in [-0.2, 0) is 30.6 Å². The maximum atomic E-state index is 9.04. The van der Waals surface area contributed by atoms with Crippen molar-refractivity contribution in [2.24, 2.45) is 0 Å². The summed E-state index contributed by atoms with van der Waals surface area (Å²) in [4.78, 5) is 18.0. The van der Waals surface area contributed by atoms with Crippen molar-refractivity contribution in [1.29, 1.82) is 0 Å². The Morgan fingerprint density at radius 2 is 1.44 bits per heavy atom. The van der Waals surface area contributed by atoms with Crippen molar-refractivity contribution in [3.05, 3.63) is 0 Å². The molecule has 0 aliphatic heterocycles. The first-order chi connectivity index (χ1) is 3.64. The van der Waals surface area contributed by atoms with E-state index >= 15 is 0 Å². The van der Waals surface area contributed by atoms with Crippen LogP contribution in [0.3, 0.4) is 0 Å². The van der Waals surface area contributed by atoms with Gasteiger partial charge in [0.15, 0.2) is 5.97 Å². The summed E-state index contributed by atoms with van der Waals surface area (Å²) in [5, 5.41) is 16.3. The van der Waals surface area contributed by atoms with Gasteiger partial charge in [-0.05, 0) is 0 Å². The number of hydrogen-bond acceptors (Lipinski definition) is 4. The molecule has 0 rings (SSSR count). The van der Waals surface area contributed by atoms with Crippen molar-refractivity contribution in [2.75, 3.05) is 0 Å². The minimum atomic E-state index is -2.07. The van der Waals surface area contributed by atoms with Gasteiger partial charge in [0.2, 0.25) is 0 Å². The quantitative estimate of drug-likeness (QED) is 0.413. The zero-order chi connectivity index (χ0) is 7.15. The summed E-state index contributed by atoms with van der Waals surface area (Å²) in [6.07, 6.45) is 0. The van der Waals surface area contributed by atoms with Crippen LogP contribution < -0.4 is 11.3 Å². The van der Waals surface area contributed by atoms with Gasteiger partial charge in [-0.15, -0.1) is 0 Å². The second kappa shape index (κ2) is 10.3. The van der Waals surface area contributed by atoms with Gasteiger partial charge < -0.3 is 21.2 Å². The molecule has 6 nitrogen and oxygen atoms in total. The van der Waals surface area contributed by atoms with Gasteiger partial charge in [0, 0.05) is 0 Å². The van der Waals surface area contributed by atoms with Gasteiger partial charge in [0.1, 0.15) is 0 Å². The van der Waals surface area contributed by atoms with Gasteiger partial charge in [0.25, 0.3) is 0 Å². The standard InChI is InChI=1S/C2H2O4.H3N.O.V/c3-1(4)2(5)6;;;/h(H,3,4)(H,5,6);1H3;;. The molecule has 0 radical (unpaired) electrons. The van der Waals surface area contributed by atoms with Crippen LogP contribution in [0.15, 0.2) is 0 Å². The average molecular weight is 174 g/mol. The molecular weight excluding hydrogens is 169 g/mol. The van der Waals surface area contributed by atoms with Crippen molar-refractivity contribution >= 4 is 11.9 Å². The number of carbonyl (C=O) groups is 2. The molecule has 0 unspecified atom stereocenters. The summed E-state index contributed by atoms with van der Waals surface area (Å²) in [6, 6.07) is 0. The van der Waals surface area contributed by atoms with E-state index in [2.05, 4.69) is 0 Å². The fourth-order valence-corrected chi connectivity index (χ4v) is 0. The predicted octanol–water partition coefficient (Wildman–Crippen LogP) is -1.92. The first-order valence-corrected chi connectivity index (χ1v) is 1.84. The van der Waals surface area contributed by atoms with Crippen molar-refractivity contribution in [3.63, 3.8) is 0 Å². The molecule has 0 saturated carbocycles. The molecule has 0 aliphatic rings. The first kappa shape index (κ1) is 15.7. The Balaban J connectivity index is -0.000000109. The van der Waals surface area contributed by atoms with Crippen LogP contribution >= 0.6 is 0 Å². The molecule has 0 aliphatic carbocycles. The van der Waals surface area contributed by atoms with E-state index in [-0.39, 0.29) is 6.15 Å². The number of aliphatic carboxylic acids is 2. The Hall–Kier alpha value is -0.716. The van der Waals surface area contributed by atoms with Gasteiger partial charge in [-0.3, -0.25) is 0 Å². The van der Waals surface area contributed by atoms with E-state index in [4.69, 9.17) is 23.5 Å². The molecule has 7 heteroatoms. The zero-order valence-electron chi connectivity index (χ0n) is 4.53. The summed E-state index contributed by atoms with van der Waals surface area (Å²) < 4.78 is 8.19. The van der Waals surface area contributed by atoms with E-state index in [1.54, 1.807) is 0 Å². The van der Waals surface area contributed by atoms with Crippen LogP contribution in [0.4, 0.5) is 0 Å². The number of hydrogen-bond donors (Lipinski definition) is 2. The number of carboxylic acids is 2. The molecule has 0 heterocycles. The Bertz CT molecular complexity index is 91.1. The van der Waals surface area contributed by atoms with Crippen LogP contribution in [0.1, 0.15) is 0 Å². The van der Waals surface area contributed by atoms with Crippen LogP contribution in [0.2, 0.25) is 0 Å². The number of quaternary nitrogens is 1. The molecule has 9 heavy (non-hydrogen) atoms. The SMILES string of the molecule is O=C([O-])C(=O)O.[NH4+].[O]=[V]. The summed E-state index contributed by atoms with van der Waals surface area (Å²) >= 11 is 1.06. The van der Waals surface area contributed by atoms with Gasteiger partial charge in [-0.2, -0.15) is 0 Å². The summed E-state index contributed by atoms with van der Waals surface area (Å²) in [6.45, 7) is 0. The molecule has 0 saturated heterocycles. The van der Waals surface area contributed by atoms with Gasteiger partial charge >= 0.3 is 27.0 Å². The van der Waals surface area contributed by atoms with Crippen molar-refractivity contribution < 1.29 is 40.8 Å². The molecule has 0 aromatic heterocycles. The molecule has 0 aromatic rings. The van der Waals surface area contributed by atoms with E-state index in [0.29, 0.717) is 0 Å². The number of rotatable bonds is 0. The molecule has 0 spiro atoms. The zero-order valence-corrected chi connectivity index (χ0v) is 5.92. The first-order valence-electron chi connectivity index (χ1n) is 1.27. The van der Waals surface area contributed by atoms with E-state index in [0.717, 1.165) is 17.4 Å². The third kappa shape index (κ3) is 18.9. The summed E-state index contributed by atoms with van der Waals surface area (Å²) in [5.74, 6) is -4.01. The normalized spacial score (nSPS) is 5.22. The molecule has 5 N–H and O–H groups in total. The van der Waals surface area contributed by atoms with Crippen LogP contribution in [-0.4, -0.2) is 17.0 Å². The Morgan fingerprint density at radius 1 is 1.33 bits per heavy atom. The van der Waals surface area contributed by atoms with Gasteiger partial charge in [-0.25, -0.2) is 4.79 Å². The molecule has 0 bridgehead atoms. The second-order valence-electron chi connectivity index (χ2n) is 0.593. The fourth-order valence-electron chi connectivity index (χ4n) is 0. The van der Waals surface area contributed by atoms with Gasteiger partial charge in [-0.1, -0.05) is 0 Å². The van der Waals surface area contributed by atoms with Crippen LogP contribution in [0.5, 0.6) is 0 Å². The summed E-state index contributed by atoms with van der Waals surface area (Å²) in [7, 11) is 0. The fraction of sp³-hybridized carbons (Fsp3) is 0. The number of carboxylic acid groups (broad SMARTS) is 2. The Morgan fingerprint density at radius 3 is 1.44 bits per heavy atom. The Kier molecular flexibility index (Phi) is 18.0. The van der Waals surface area contributed by atoms with Gasteiger partial charge in [0.05, 0.1) is 0 Å². The van der Waals surface area contributed by atoms with Crippen LogP contribution in [0.25, 0.3) is 0 Å². The van der Waals surface area contributed by atoms with E-state index in [1.807, 2.05) is 0 Å².